The lowest BCUT2D eigenvalue weighted by Gasteiger charge is -2.13. The Kier molecular flexibility index (Phi) is 4.75. The number of nitrogens with zero attached hydrogens (tertiary/aromatic N) is 2. The SMILES string of the molecule is CCOC(=O)c1c(C)cc2cnn(-c3cccc(OC)c3)c(=O)c2c1C. The van der Waals surface area contributed by atoms with Crippen LogP contribution in [0.1, 0.15) is 28.4 Å². The molecule has 0 saturated carbocycles. The van der Waals surface area contributed by atoms with E-state index in [2.05, 4.69) is 5.10 Å². The van der Waals surface area contributed by atoms with E-state index in [0.717, 1.165) is 5.56 Å². The zero-order valence-electron chi connectivity index (χ0n) is 15.2. The fourth-order valence-electron chi connectivity index (χ4n) is 3.12. The Morgan fingerprint density at radius 3 is 2.69 bits per heavy atom. The zero-order chi connectivity index (χ0) is 18.8. The van der Waals surface area contributed by atoms with Gasteiger partial charge in [-0.05, 0) is 50.1 Å². The van der Waals surface area contributed by atoms with Gasteiger partial charge in [0.25, 0.3) is 5.56 Å². The summed E-state index contributed by atoms with van der Waals surface area (Å²) >= 11 is 0. The molecule has 3 aromatic rings. The number of carbonyl (C=O) groups excluding carboxylic acids is 1. The summed E-state index contributed by atoms with van der Waals surface area (Å²) in [5.74, 6) is 0.206. The van der Waals surface area contributed by atoms with Crippen molar-refractivity contribution in [2.45, 2.75) is 20.8 Å². The molecule has 0 saturated heterocycles. The molecule has 1 aromatic heterocycles. The minimum atomic E-state index is -0.423. The van der Waals surface area contributed by atoms with Crippen LogP contribution in [-0.4, -0.2) is 29.5 Å². The van der Waals surface area contributed by atoms with E-state index in [4.69, 9.17) is 9.47 Å². The summed E-state index contributed by atoms with van der Waals surface area (Å²) < 4.78 is 11.7. The average molecular weight is 352 g/mol. The lowest BCUT2D eigenvalue weighted by molar-refractivity contribution is 0.0525. The molecule has 6 heteroatoms. The predicted molar refractivity (Wildman–Crippen MR) is 99.3 cm³/mol. The van der Waals surface area contributed by atoms with Gasteiger partial charge in [0.1, 0.15) is 5.75 Å². The predicted octanol–water partition coefficient (Wildman–Crippen LogP) is 3.19. The summed E-state index contributed by atoms with van der Waals surface area (Å²) in [4.78, 5) is 25.4. The molecule has 0 spiro atoms. The second-order valence-corrected chi connectivity index (χ2v) is 5.94. The van der Waals surface area contributed by atoms with Crippen molar-refractivity contribution in [1.29, 1.82) is 0 Å². The van der Waals surface area contributed by atoms with Crippen molar-refractivity contribution in [3.63, 3.8) is 0 Å². The van der Waals surface area contributed by atoms with Crippen LogP contribution in [0, 0.1) is 13.8 Å². The molecule has 0 atom stereocenters. The maximum absolute atomic E-state index is 13.1. The average Bonchev–Trinajstić information content (AvgIpc) is 2.62. The minimum Gasteiger partial charge on any atom is -0.497 e. The van der Waals surface area contributed by atoms with Crippen molar-refractivity contribution in [3.05, 3.63) is 63.6 Å². The van der Waals surface area contributed by atoms with Crippen LogP contribution in [-0.2, 0) is 4.74 Å². The molecule has 0 N–H and O–H groups in total. The number of benzene rings is 2. The molecule has 0 aliphatic rings. The Morgan fingerprint density at radius 2 is 2.00 bits per heavy atom. The molecule has 0 aliphatic heterocycles. The van der Waals surface area contributed by atoms with E-state index in [9.17, 15) is 9.59 Å². The molecule has 0 bridgehead atoms. The molecule has 0 amide bonds. The Bertz CT molecular complexity index is 1050. The lowest BCUT2D eigenvalue weighted by atomic mass is 9.97. The molecule has 3 rings (SSSR count). The van der Waals surface area contributed by atoms with Gasteiger partial charge in [0.05, 0.1) is 36.6 Å². The van der Waals surface area contributed by atoms with Gasteiger partial charge in [-0.25, -0.2) is 4.79 Å². The molecule has 134 valence electrons. The van der Waals surface area contributed by atoms with Crippen LogP contribution >= 0.6 is 0 Å². The van der Waals surface area contributed by atoms with E-state index in [1.807, 2.05) is 6.92 Å². The van der Waals surface area contributed by atoms with Crippen LogP contribution < -0.4 is 10.3 Å². The van der Waals surface area contributed by atoms with Crippen molar-refractivity contribution in [3.8, 4) is 11.4 Å². The third kappa shape index (κ3) is 2.94. The van der Waals surface area contributed by atoms with Gasteiger partial charge >= 0.3 is 5.97 Å². The monoisotopic (exact) mass is 352 g/mol. The van der Waals surface area contributed by atoms with Gasteiger partial charge in [-0.1, -0.05) is 6.07 Å². The van der Waals surface area contributed by atoms with Crippen LogP contribution in [0.2, 0.25) is 0 Å². The molecular weight excluding hydrogens is 332 g/mol. The summed E-state index contributed by atoms with van der Waals surface area (Å²) in [5, 5.41) is 5.42. The number of hydrogen-bond donors (Lipinski definition) is 0. The van der Waals surface area contributed by atoms with Crippen molar-refractivity contribution in [1.82, 2.24) is 9.78 Å². The number of rotatable bonds is 4. The first-order chi connectivity index (χ1) is 12.5. The third-order valence-electron chi connectivity index (χ3n) is 4.30. The zero-order valence-corrected chi connectivity index (χ0v) is 15.2. The number of aryl methyl sites for hydroxylation is 2. The van der Waals surface area contributed by atoms with Gasteiger partial charge in [0, 0.05) is 11.5 Å². The molecule has 26 heavy (non-hydrogen) atoms. The van der Waals surface area contributed by atoms with E-state index >= 15 is 0 Å². The van der Waals surface area contributed by atoms with Crippen LogP contribution in [0.3, 0.4) is 0 Å². The van der Waals surface area contributed by atoms with Gasteiger partial charge in [-0.15, -0.1) is 0 Å². The second-order valence-electron chi connectivity index (χ2n) is 5.94. The van der Waals surface area contributed by atoms with E-state index in [1.54, 1.807) is 57.5 Å². The van der Waals surface area contributed by atoms with Crippen molar-refractivity contribution >= 4 is 16.7 Å². The molecule has 0 radical (unpaired) electrons. The topological polar surface area (TPSA) is 70.4 Å². The van der Waals surface area contributed by atoms with Gasteiger partial charge in [-0.3, -0.25) is 4.79 Å². The van der Waals surface area contributed by atoms with Crippen molar-refractivity contribution < 1.29 is 14.3 Å². The molecular formula is C20H20N2O4. The third-order valence-corrected chi connectivity index (χ3v) is 4.30. The Balaban J connectivity index is 2.28. The summed E-state index contributed by atoms with van der Waals surface area (Å²) in [5.41, 5.74) is 2.09. The standard InChI is InChI=1S/C20H20N2O4/c1-5-26-20(24)17-12(2)9-14-11-21-22(19(23)18(14)13(17)3)15-7-6-8-16(10-15)25-4/h6-11H,5H2,1-4H3. The van der Waals surface area contributed by atoms with E-state index in [1.165, 1.54) is 4.68 Å². The number of ether oxygens (including phenoxy) is 2. The lowest BCUT2D eigenvalue weighted by Crippen LogP contribution is -2.23. The maximum atomic E-state index is 13.1. The first-order valence-corrected chi connectivity index (χ1v) is 8.31. The number of fused-ring (bicyclic) bond motifs is 1. The first kappa shape index (κ1) is 17.7. The second kappa shape index (κ2) is 7.00. The van der Waals surface area contributed by atoms with Gasteiger partial charge < -0.3 is 9.47 Å². The highest BCUT2D eigenvalue weighted by Crippen LogP contribution is 2.24. The fraction of sp³-hybridized carbons (Fsp3) is 0.250. The van der Waals surface area contributed by atoms with Crippen LogP contribution in [0.4, 0.5) is 0 Å². The van der Waals surface area contributed by atoms with Crippen LogP contribution in [0.5, 0.6) is 5.75 Å². The van der Waals surface area contributed by atoms with Crippen molar-refractivity contribution in [2.75, 3.05) is 13.7 Å². The molecule has 0 fully saturated rings. The van der Waals surface area contributed by atoms with E-state index in [-0.39, 0.29) is 12.2 Å². The molecule has 1 heterocycles. The first-order valence-electron chi connectivity index (χ1n) is 8.31. The minimum absolute atomic E-state index is 0.278. The quantitative estimate of drug-likeness (QED) is 0.675. The Hall–Kier alpha value is -3.15. The molecule has 2 aromatic carbocycles. The largest absolute Gasteiger partial charge is 0.497 e. The number of methoxy groups -OCH3 is 1. The Labute approximate surface area is 151 Å². The highest BCUT2D eigenvalue weighted by atomic mass is 16.5. The van der Waals surface area contributed by atoms with Crippen LogP contribution in [0.15, 0.2) is 41.3 Å². The van der Waals surface area contributed by atoms with Gasteiger partial charge in [0.15, 0.2) is 0 Å². The smallest absolute Gasteiger partial charge is 0.338 e. The summed E-state index contributed by atoms with van der Waals surface area (Å²) in [6, 6.07) is 8.88. The normalized spacial score (nSPS) is 10.8. The van der Waals surface area contributed by atoms with Gasteiger partial charge in [-0.2, -0.15) is 9.78 Å². The summed E-state index contributed by atoms with van der Waals surface area (Å²) in [6.45, 7) is 5.62. The van der Waals surface area contributed by atoms with Crippen LogP contribution in [0.25, 0.3) is 16.5 Å². The van der Waals surface area contributed by atoms with E-state index < -0.39 is 5.97 Å². The molecule has 0 unspecified atom stereocenters. The summed E-state index contributed by atoms with van der Waals surface area (Å²) in [6.07, 6.45) is 1.63. The molecule has 0 aliphatic carbocycles. The molecule has 6 nitrogen and oxygen atoms in total. The number of aromatic nitrogens is 2. The van der Waals surface area contributed by atoms with Crippen molar-refractivity contribution in [2.24, 2.45) is 0 Å². The number of carbonyl (C=O) groups is 1. The van der Waals surface area contributed by atoms with Gasteiger partial charge in [0.2, 0.25) is 0 Å². The number of hydrogen-bond acceptors (Lipinski definition) is 5. The van der Waals surface area contributed by atoms with E-state index in [0.29, 0.717) is 33.3 Å². The highest BCUT2D eigenvalue weighted by molar-refractivity contribution is 5.99. The summed E-state index contributed by atoms with van der Waals surface area (Å²) in [7, 11) is 1.56. The fourth-order valence-corrected chi connectivity index (χ4v) is 3.12. The highest BCUT2D eigenvalue weighted by Gasteiger charge is 2.19. The Morgan fingerprint density at radius 1 is 1.23 bits per heavy atom. The maximum Gasteiger partial charge on any atom is 0.338 e. The number of esters is 1.